The van der Waals surface area contributed by atoms with Crippen LogP contribution in [0.4, 0.5) is 4.79 Å². The van der Waals surface area contributed by atoms with Gasteiger partial charge in [0.2, 0.25) is 0 Å². The van der Waals surface area contributed by atoms with Crippen LogP contribution in [0.5, 0.6) is 0 Å². The van der Waals surface area contributed by atoms with Gasteiger partial charge in [0.1, 0.15) is 5.41 Å². The summed E-state index contributed by atoms with van der Waals surface area (Å²) in [5.41, 5.74) is -1.04. The highest BCUT2D eigenvalue weighted by molar-refractivity contribution is 7.99. The number of urea groups is 1. The van der Waals surface area contributed by atoms with Crippen molar-refractivity contribution < 1.29 is 19.4 Å². The van der Waals surface area contributed by atoms with Gasteiger partial charge in [-0.25, -0.2) is 4.79 Å². The van der Waals surface area contributed by atoms with Crippen molar-refractivity contribution in [1.82, 2.24) is 10.6 Å². The third-order valence-electron chi connectivity index (χ3n) is 3.82. The number of thioether (sulfide) groups is 1. The Kier molecular flexibility index (Phi) is 4.57. The van der Waals surface area contributed by atoms with Crippen molar-refractivity contribution in [2.45, 2.75) is 19.4 Å². The predicted molar refractivity (Wildman–Crippen MR) is 72.3 cm³/mol. The van der Waals surface area contributed by atoms with E-state index in [1.54, 1.807) is 6.92 Å². The lowest BCUT2D eigenvalue weighted by Crippen LogP contribution is -2.52. The van der Waals surface area contributed by atoms with E-state index in [2.05, 4.69) is 10.6 Å². The summed E-state index contributed by atoms with van der Waals surface area (Å²) in [5.74, 6) is 1.82. The number of carbonyl (C=O) groups is 2. The average Bonchev–Trinajstić information content (AvgIpc) is 2.98. The molecule has 3 atom stereocenters. The summed E-state index contributed by atoms with van der Waals surface area (Å²) in [4.78, 5) is 23.0. The number of rotatable bonds is 4. The normalized spacial score (nSPS) is 34.2. The van der Waals surface area contributed by atoms with Crippen LogP contribution >= 0.6 is 11.8 Å². The molecule has 2 saturated heterocycles. The first-order valence-corrected chi connectivity index (χ1v) is 7.61. The van der Waals surface area contributed by atoms with E-state index in [1.807, 2.05) is 11.8 Å². The lowest BCUT2D eigenvalue weighted by atomic mass is 9.85. The van der Waals surface area contributed by atoms with Crippen LogP contribution in [0.25, 0.3) is 0 Å². The van der Waals surface area contributed by atoms with E-state index in [9.17, 15) is 14.7 Å². The molecule has 3 N–H and O–H groups in total. The second-order valence-corrected chi connectivity index (χ2v) is 6.52. The third-order valence-corrected chi connectivity index (χ3v) is 5.06. The Morgan fingerprint density at radius 3 is 2.95 bits per heavy atom. The summed E-state index contributed by atoms with van der Waals surface area (Å²) in [6.07, 6.45) is 1.13. The zero-order valence-corrected chi connectivity index (χ0v) is 11.8. The van der Waals surface area contributed by atoms with Crippen LogP contribution < -0.4 is 10.6 Å². The molecular formula is C12H20N2O4S. The van der Waals surface area contributed by atoms with Gasteiger partial charge in [0.25, 0.3) is 0 Å². The fourth-order valence-electron chi connectivity index (χ4n) is 2.28. The van der Waals surface area contributed by atoms with Gasteiger partial charge in [-0.3, -0.25) is 4.79 Å². The zero-order chi connectivity index (χ0) is 13.9. The molecule has 2 heterocycles. The molecule has 108 valence electrons. The maximum atomic E-state index is 11.8. The Hall–Kier alpha value is -0.950. The van der Waals surface area contributed by atoms with Gasteiger partial charge in [-0.1, -0.05) is 0 Å². The second kappa shape index (κ2) is 6.00. The molecule has 2 aliphatic rings. The number of aliphatic carboxylic acids is 1. The van der Waals surface area contributed by atoms with Gasteiger partial charge >= 0.3 is 12.0 Å². The van der Waals surface area contributed by atoms with Gasteiger partial charge in [0.05, 0.1) is 19.3 Å². The first-order valence-electron chi connectivity index (χ1n) is 6.45. The minimum Gasteiger partial charge on any atom is -0.481 e. The van der Waals surface area contributed by atoms with E-state index < -0.39 is 17.4 Å². The average molecular weight is 288 g/mol. The molecule has 2 amide bonds. The largest absolute Gasteiger partial charge is 0.481 e. The molecule has 0 bridgehead atoms. The molecule has 0 aliphatic carbocycles. The van der Waals surface area contributed by atoms with Gasteiger partial charge in [-0.2, -0.15) is 11.8 Å². The van der Waals surface area contributed by atoms with Crippen molar-refractivity contribution in [2.24, 2.45) is 11.3 Å². The molecule has 0 spiro atoms. The van der Waals surface area contributed by atoms with Crippen molar-refractivity contribution >= 4 is 23.8 Å². The topological polar surface area (TPSA) is 87.7 Å². The molecule has 0 saturated carbocycles. The molecule has 0 aromatic heterocycles. The number of hydrogen-bond donors (Lipinski definition) is 3. The first-order chi connectivity index (χ1) is 9.02. The summed E-state index contributed by atoms with van der Waals surface area (Å²) < 4.78 is 5.19. The van der Waals surface area contributed by atoms with Crippen LogP contribution in [-0.2, 0) is 9.53 Å². The fourth-order valence-corrected chi connectivity index (χ4v) is 3.56. The van der Waals surface area contributed by atoms with E-state index in [4.69, 9.17) is 4.74 Å². The number of ether oxygens (including phenoxy) is 1. The van der Waals surface area contributed by atoms with Gasteiger partial charge in [0, 0.05) is 6.54 Å². The van der Waals surface area contributed by atoms with Gasteiger partial charge in [-0.15, -0.1) is 0 Å². The Morgan fingerprint density at radius 1 is 1.53 bits per heavy atom. The number of carboxylic acids is 1. The molecule has 19 heavy (non-hydrogen) atoms. The number of carbonyl (C=O) groups excluding carboxylic acids is 1. The van der Waals surface area contributed by atoms with Crippen molar-refractivity contribution in [3.05, 3.63) is 0 Å². The molecule has 2 rings (SSSR count). The molecule has 0 aromatic rings. The highest BCUT2D eigenvalue weighted by atomic mass is 32.2. The van der Waals surface area contributed by atoms with Crippen LogP contribution in [-0.4, -0.2) is 54.4 Å². The van der Waals surface area contributed by atoms with Crippen molar-refractivity contribution in [2.75, 3.05) is 31.3 Å². The SMILES string of the molecule is CC1(C(=O)O)COCC1NC(=O)NCC1CCSC1. The molecule has 3 unspecified atom stereocenters. The number of amides is 2. The highest BCUT2D eigenvalue weighted by Gasteiger charge is 2.47. The number of hydrogen-bond acceptors (Lipinski definition) is 4. The van der Waals surface area contributed by atoms with Gasteiger partial charge in [-0.05, 0) is 30.8 Å². The molecule has 0 aromatic carbocycles. The van der Waals surface area contributed by atoms with Crippen molar-refractivity contribution in [3.8, 4) is 0 Å². The standard InChI is InChI=1S/C12H20N2O4S/c1-12(10(15)16)7-18-5-9(12)14-11(17)13-4-8-2-3-19-6-8/h8-9H,2-7H2,1H3,(H,15,16)(H2,13,14,17). The van der Waals surface area contributed by atoms with Crippen LogP contribution in [0.1, 0.15) is 13.3 Å². The predicted octanol–water partition coefficient (Wildman–Crippen LogP) is 0.528. The summed E-state index contributed by atoms with van der Waals surface area (Å²) >= 11 is 1.90. The molecular weight excluding hydrogens is 268 g/mol. The van der Waals surface area contributed by atoms with E-state index in [1.165, 1.54) is 0 Å². The summed E-state index contributed by atoms with van der Waals surface area (Å²) in [6, 6.07) is -0.789. The minimum atomic E-state index is -1.04. The Morgan fingerprint density at radius 2 is 2.32 bits per heavy atom. The summed E-state index contributed by atoms with van der Waals surface area (Å²) in [5, 5.41) is 14.7. The quantitative estimate of drug-likeness (QED) is 0.702. The van der Waals surface area contributed by atoms with Crippen LogP contribution in [0, 0.1) is 11.3 Å². The van der Waals surface area contributed by atoms with E-state index in [0.717, 1.165) is 17.9 Å². The minimum absolute atomic E-state index is 0.131. The first kappa shape index (κ1) is 14.5. The summed E-state index contributed by atoms with van der Waals surface area (Å²) in [6.45, 7) is 2.62. The third kappa shape index (κ3) is 3.33. The van der Waals surface area contributed by atoms with Crippen LogP contribution in [0.15, 0.2) is 0 Å². The maximum Gasteiger partial charge on any atom is 0.315 e. The monoisotopic (exact) mass is 288 g/mol. The Bertz CT molecular complexity index is 360. The van der Waals surface area contributed by atoms with Crippen LogP contribution in [0.3, 0.4) is 0 Å². The lowest BCUT2D eigenvalue weighted by Gasteiger charge is -2.25. The lowest BCUT2D eigenvalue weighted by molar-refractivity contribution is -0.148. The summed E-state index contributed by atoms with van der Waals surface area (Å²) in [7, 11) is 0. The van der Waals surface area contributed by atoms with Gasteiger partial charge < -0.3 is 20.5 Å². The van der Waals surface area contributed by atoms with Gasteiger partial charge in [0.15, 0.2) is 0 Å². The smallest absolute Gasteiger partial charge is 0.315 e. The molecule has 7 heteroatoms. The molecule has 2 aliphatic heterocycles. The Labute approximate surface area is 116 Å². The van der Waals surface area contributed by atoms with E-state index in [-0.39, 0.29) is 19.2 Å². The van der Waals surface area contributed by atoms with Crippen LogP contribution in [0.2, 0.25) is 0 Å². The number of nitrogens with one attached hydrogen (secondary N) is 2. The van der Waals surface area contributed by atoms with E-state index >= 15 is 0 Å². The van der Waals surface area contributed by atoms with Crippen molar-refractivity contribution in [3.63, 3.8) is 0 Å². The maximum absolute atomic E-state index is 11.8. The Balaban J connectivity index is 1.79. The number of carboxylic acid groups (broad SMARTS) is 1. The van der Waals surface area contributed by atoms with Crippen molar-refractivity contribution in [1.29, 1.82) is 0 Å². The second-order valence-electron chi connectivity index (χ2n) is 5.37. The zero-order valence-electron chi connectivity index (χ0n) is 11.0. The molecule has 6 nitrogen and oxygen atoms in total. The molecule has 2 fully saturated rings. The fraction of sp³-hybridized carbons (Fsp3) is 0.833. The molecule has 0 radical (unpaired) electrons. The highest BCUT2D eigenvalue weighted by Crippen LogP contribution is 2.28. The van der Waals surface area contributed by atoms with E-state index in [0.29, 0.717) is 12.5 Å².